The lowest BCUT2D eigenvalue weighted by atomic mass is 10.1. The lowest BCUT2D eigenvalue weighted by Crippen LogP contribution is -2.43. The van der Waals surface area contributed by atoms with E-state index in [-0.39, 0.29) is 17.8 Å². The van der Waals surface area contributed by atoms with Crippen molar-refractivity contribution in [1.29, 1.82) is 0 Å². The minimum absolute atomic E-state index is 0.107. The molecule has 0 aliphatic carbocycles. The Bertz CT molecular complexity index is 1290. The number of rotatable bonds is 3. The summed E-state index contributed by atoms with van der Waals surface area (Å²) in [4.78, 5) is 21.5. The van der Waals surface area contributed by atoms with Gasteiger partial charge >= 0.3 is 11.7 Å². The summed E-state index contributed by atoms with van der Waals surface area (Å²) in [5.74, 6) is -0.502. The van der Waals surface area contributed by atoms with Crippen molar-refractivity contribution in [3.8, 4) is 17.1 Å². The van der Waals surface area contributed by atoms with Crippen molar-refractivity contribution in [2.75, 3.05) is 0 Å². The van der Waals surface area contributed by atoms with Gasteiger partial charge in [-0.15, -0.1) is 11.3 Å². The van der Waals surface area contributed by atoms with Crippen LogP contribution in [0.25, 0.3) is 16.9 Å². The van der Waals surface area contributed by atoms with Gasteiger partial charge in [0, 0.05) is 18.5 Å². The first-order valence-electron chi connectivity index (χ1n) is 8.15. The average Bonchev–Trinajstić information content (AvgIpc) is 3.10. The Morgan fingerprint density at radius 2 is 2.03 bits per heavy atom. The van der Waals surface area contributed by atoms with Gasteiger partial charge in [0.2, 0.25) is 0 Å². The van der Waals surface area contributed by atoms with E-state index in [1.807, 2.05) is 0 Å². The molecule has 0 unspecified atom stereocenters. The molecule has 0 aliphatic rings. The molecule has 0 aromatic carbocycles. The summed E-state index contributed by atoms with van der Waals surface area (Å²) < 4.78 is 42.3. The van der Waals surface area contributed by atoms with Crippen molar-refractivity contribution in [2.45, 2.75) is 12.7 Å². The minimum Gasteiger partial charge on any atom is -0.477 e. The van der Waals surface area contributed by atoms with Gasteiger partial charge in [-0.05, 0) is 18.2 Å². The van der Waals surface area contributed by atoms with Crippen LogP contribution in [0.1, 0.15) is 10.4 Å². The number of nitrogens with zero attached hydrogens (tertiary/aromatic N) is 4. The highest BCUT2D eigenvalue weighted by Gasteiger charge is 2.33. The Morgan fingerprint density at radius 3 is 2.72 bits per heavy atom. The maximum absolute atomic E-state index is 13.1. The highest BCUT2D eigenvalue weighted by Crippen LogP contribution is 2.33. The topological polar surface area (TPSA) is 72.1 Å². The number of aromatic hydroxyl groups is 1. The molecule has 0 saturated heterocycles. The van der Waals surface area contributed by atoms with Crippen molar-refractivity contribution >= 4 is 28.6 Å². The van der Waals surface area contributed by atoms with Gasteiger partial charge in [0.05, 0.1) is 22.3 Å². The standard InChI is InChI=1S/C18H10ClF3N4O2S/c19-17-24-8-11(29-17)9-26-13-3-1-2-6-25(13)15(27)14(16(26)28)12-7-10(4-5-23-12)18(20,21)22/h1-8H,9H2/p+1. The quantitative estimate of drug-likeness (QED) is 0.496. The zero-order valence-electron chi connectivity index (χ0n) is 14.4. The molecule has 4 aromatic heterocycles. The summed E-state index contributed by atoms with van der Waals surface area (Å²) in [5, 5.41) is 10.9. The Labute approximate surface area is 170 Å². The molecule has 4 heterocycles. The Balaban J connectivity index is 1.99. The first-order chi connectivity index (χ1) is 13.8. The highest BCUT2D eigenvalue weighted by molar-refractivity contribution is 7.15. The molecule has 0 amide bonds. The third kappa shape index (κ3) is 3.56. The Hall–Kier alpha value is -2.98. The number of thiazole rings is 1. The molecule has 148 valence electrons. The van der Waals surface area contributed by atoms with Gasteiger partial charge < -0.3 is 5.11 Å². The van der Waals surface area contributed by atoms with Crippen LogP contribution in [-0.2, 0) is 12.7 Å². The summed E-state index contributed by atoms with van der Waals surface area (Å²) in [5.41, 5.74) is -1.94. The molecule has 4 rings (SSSR count). The van der Waals surface area contributed by atoms with E-state index in [4.69, 9.17) is 11.6 Å². The molecule has 0 bridgehead atoms. The third-order valence-corrected chi connectivity index (χ3v) is 5.31. The number of hydrogen-bond acceptors (Lipinski definition) is 5. The van der Waals surface area contributed by atoms with Gasteiger partial charge in [0.15, 0.2) is 10.0 Å². The molecule has 0 spiro atoms. The lowest BCUT2D eigenvalue weighted by Gasteiger charge is -2.10. The van der Waals surface area contributed by atoms with Crippen LogP contribution in [0.15, 0.2) is 53.7 Å². The molecule has 0 aliphatic heterocycles. The maximum Gasteiger partial charge on any atom is 0.416 e. The van der Waals surface area contributed by atoms with E-state index in [0.717, 1.165) is 18.3 Å². The molecule has 4 aromatic rings. The monoisotopic (exact) mass is 439 g/mol. The van der Waals surface area contributed by atoms with E-state index in [9.17, 15) is 23.1 Å². The molecule has 1 N–H and O–H groups in total. The molecule has 0 fully saturated rings. The van der Waals surface area contributed by atoms with Gasteiger partial charge in [-0.2, -0.15) is 22.1 Å². The zero-order chi connectivity index (χ0) is 20.8. The van der Waals surface area contributed by atoms with Gasteiger partial charge in [-0.25, -0.2) is 9.78 Å². The second-order valence-corrected chi connectivity index (χ2v) is 7.72. The summed E-state index contributed by atoms with van der Waals surface area (Å²) in [6.45, 7) is 0.107. The SMILES string of the molecule is O=c1c(-c2cc(C(F)(F)F)ccn2)c(O)n(Cc2cnc(Cl)s2)c2cccc[n+]12. The summed E-state index contributed by atoms with van der Waals surface area (Å²) in [7, 11) is 0. The van der Waals surface area contributed by atoms with E-state index in [1.54, 1.807) is 18.2 Å². The maximum atomic E-state index is 13.1. The number of aromatic nitrogens is 4. The van der Waals surface area contributed by atoms with Gasteiger partial charge in [0.1, 0.15) is 6.54 Å². The number of alkyl halides is 3. The van der Waals surface area contributed by atoms with Crippen LogP contribution in [0.4, 0.5) is 13.2 Å². The van der Waals surface area contributed by atoms with Crippen LogP contribution in [0.3, 0.4) is 0 Å². The fourth-order valence-electron chi connectivity index (χ4n) is 2.92. The molecular weight excluding hydrogens is 429 g/mol. The van der Waals surface area contributed by atoms with E-state index in [1.165, 1.54) is 32.7 Å². The fourth-order valence-corrected chi connectivity index (χ4v) is 3.89. The predicted molar refractivity (Wildman–Crippen MR) is 100.0 cm³/mol. The highest BCUT2D eigenvalue weighted by atomic mass is 35.5. The molecule has 0 saturated carbocycles. The molecule has 6 nitrogen and oxygen atoms in total. The van der Waals surface area contributed by atoms with E-state index >= 15 is 0 Å². The van der Waals surface area contributed by atoms with Crippen molar-refractivity contribution in [1.82, 2.24) is 14.5 Å². The predicted octanol–water partition coefficient (Wildman–Crippen LogP) is 3.53. The van der Waals surface area contributed by atoms with Crippen LogP contribution in [-0.4, -0.2) is 19.6 Å². The number of halogens is 4. The largest absolute Gasteiger partial charge is 0.477 e. The number of hydrogen-bond donors (Lipinski definition) is 1. The van der Waals surface area contributed by atoms with Gasteiger partial charge in [0.25, 0.3) is 11.5 Å². The van der Waals surface area contributed by atoms with Crippen molar-refractivity contribution < 1.29 is 22.7 Å². The van der Waals surface area contributed by atoms with E-state index < -0.39 is 23.2 Å². The molecule has 11 heteroatoms. The molecule has 29 heavy (non-hydrogen) atoms. The van der Waals surface area contributed by atoms with E-state index in [2.05, 4.69) is 9.97 Å². The van der Waals surface area contributed by atoms with Crippen LogP contribution < -0.4 is 9.96 Å². The number of pyridine rings is 2. The Morgan fingerprint density at radius 1 is 1.24 bits per heavy atom. The second-order valence-electron chi connectivity index (χ2n) is 6.03. The molecule has 0 radical (unpaired) electrons. The van der Waals surface area contributed by atoms with Crippen LogP contribution in [0.2, 0.25) is 4.47 Å². The van der Waals surface area contributed by atoms with Crippen molar-refractivity contribution in [3.63, 3.8) is 0 Å². The molecular formula is C18H11ClF3N4O2S+. The van der Waals surface area contributed by atoms with Crippen molar-refractivity contribution in [3.05, 3.63) is 74.2 Å². The second kappa shape index (κ2) is 7.12. The first-order valence-corrected chi connectivity index (χ1v) is 9.35. The van der Waals surface area contributed by atoms with E-state index in [0.29, 0.717) is 15.0 Å². The normalized spacial score (nSPS) is 11.9. The zero-order valence-corrected chi connectivity index (χ0v) is 16.0. The average molecular weight is 440 g/mol. The third-order valence-electron chi connectivity index (χ3n) is 4.21. The molecule has 0 atom stereocenters. The summed E-state index contributed by atoms with van der Waals surface area (Å²) in [6.07, 6.45) is -0.684. The smallest absolute Gasteiger partial charge is 0.416 e. The Kier molecular flexibility index (Phi) is 4.75. The first kappa shape index (κ1) is 19.3. The fraction of sp³-hybridized carbons (Fsp3) is 0.111. The lowest BCUT2D eigenvalue weighted by molar-refractivity contribution is -0.532. The minimum atomic E-state index is -4.62. The number of fused-ring (bicyclic) bond motifs is 1. The van der Waals surface area contributed by atoms with Crippen LogP contribution in [0.5, 0.6) is 5.88 Å². The summed E-state index contributed by atoms with van der Waals surface area (Å²) >= 11 is 7.04. The van der Waals surface area contributed by atoms with Crippen molar-refractivity contribution in [2.24, 2.45) is 0 Å². The summed E-state index contributed by atoms with van der Waals surface area (Å²) in [6, 6.07) is 6.41. The van der Waals surface area contributed by atoms with Gasteiger partial charge in [-0.1, -0.05) is 17.7 Å². The van der Waals surface area contributed by atoms with Crippen LogP contribution >= 0.6 is 22.9 Å². The van der Waals surface area contributed by atoms with Gasteiger partial charge in [-0.3, -0.25) is 4.98 Å². The van der Waals surface area contributed by atoms with Crippen LogP contribution in [0, 0.1) is 0 Å².